The Kier molecular flexibility index (Phi) is 4.19. The fourth-order valence-corrected chi connectivity index (χ4v) is 2.90. The normalized spacial score (nSPS) is 10.8. The first kappa shape index (κ1) is 14.1. The number of rotatable bonds is 5. The van der Waals surface area contributed by atoms with Crippen LogP contribution in [-0.4, -0.2) is 28.2 Å². The van der Waals surface area contributed by atoms with Gasteiger partial charge < -0.3 is 15.7 Å². The van der Waals surface area contributed by atoms with Crippen LogP contribution in [0.3, 0.4) is 0 Å². The number of aromatic nitrogens is 2. The van der Waals surface area contributed by atoms with E-state index in [0.717, 1.165) is 15.9 Å². The Hall–Kier alpha value is -1.89. The topological polar surface area (TPSA) is 70.1 Å². The van der Waals surface area contributed by atoms with Gasteiger partial charge in [-0.25, -0.2) is 4.98 Å². The summed E-state index contributed by atoms with van der Waals surface area (Å²) in [6, 6.07) is 9.31. The molecular weight excluding hydrogens is 308 g/mol. The fraction of sp³-hybridized carbons (Fsp3) is 0.143. The van der Waals surface area contributed by atoms with Gasteiger partial charge in [-0.3, -0.25) is 0 Å². The second-order valence-electron chi connectivity index (χ2n) is 4.32. The van der Waals surface area contributed by atoms with Gasteiger partial charge in [0.25, 0.3) is 0 Å². The summed E-state index contributed by atoms with van der Waals surface area (Å²) in [6.07, 6.45) is 0. The zero-order chi connectivity index (χ0) is 14.7. The van der Waals surface area contributed by atoms with Crippen LogP contribution in [0, 0.1) is 0 Å². The zero-order valence-electron chi connectivity index (χ0n) is 11.0. The quantitative estimate of drug-likeness (QED) is 0.671. The molecule has 0 atom stereocenters. The molecule has 0 radical (unpaired) electrons. The Balaban J connectivity index is 1.94. The van der Waals surface area contributed by atoms with E-state index < -0.39 is 0 Å². The van der Waals surface area contributed by atoms with Gasteiger partial charge in [-0.2, -0.15) is 4.98 Å². The maximum Gasteiger partial charge on any atom is 0.229 e. The summed E-state index contributed by atoms with van der Waals surface area (Å²) < 4.78 is 0.972. The van der Waals surface area contributed by atoms with Crippen molar-refractivity contribution in [1.29, 1.82) is 0 Å². The fourth-order valence-electron chi connectivity index (χ4n) is 1.91. The van der Waals surface area contributed by atoms with Crippen LogP contribution in [0.4, 0.5) is 17.5 Å². The Morgan fingerprint density at radius 2 is 2.14 bits per heavy atom. The molecule has 0 aliphatic heterocycles. The van der Waals surface area contributed by atoms with Crippen LogP contribution >= 0.6 is 22.9 Å². The van der Waals surface area contributed by atoms with Crippen molar-refractivity contribution >= 4 is 50.6 Å². The second kappa shape index (κ2) is 6.26. The first-order chi connectivity index (χ1) is 10.3. The average Bonchev–Trinajstić information content (AvgIpc) is 2.93. The zero-order valence-corrected chi connectivity index (χ0v) is 12.6. The highest BCUT2D eigenvalue weighted by molar-refractivity contribution is 7.17. The van der Waals surface area contributed by atoms with Crippen molar-refractivity contribution in [3.05, 3.63) is 40.7 Å². The summed E-state index contributed by atoms with van der Waals surface area (Å²) in [5, 5.41) is 17.8. The van der Waals surface area contributed by atoms with Crippen LogP contribution in [0.2, 0.25) is 5.02 Å². The van der Waals surface area contributed by atoms with Gasteiger partial charge >= 0.3 is 0 Å². The maximum atomic E-state index is 8.95. The smallest absolute Gasteiger partial charge is 0.229 e. The van der Waals surface area contributed by atoms with E-state index >= 15 is 0 Å². The molecule has 7 heteroatoms. The number of anilines is 3. The molecule has 1 aromatic carbocycles. The summed E-state index contributed by atoms with van der Waals surface area (Å²) in [4.78, 5) is 8.93. The monoisotopic (exact) mass is 320 g/mol. The van der Waals surface area contributed by atoms with E-state index in [1.54, 1.807) is 11.3 Å². The highest BCUT2D eigenvalue weighted by atomic mass is 35.5. The number of nitrogens with one attached hydrogen (secondary N) is 2. The van der Waals surface area contributed by atoms with Crippen molar-refractivity contribution in [2.75, 3.05) is 23.8 Å². The minimum absolute atomic E-state index is 0.0495. The van der Waals surface area contributed by atoms with Gasteiger partial charge in [0.15, 0.2) is 0 Å². The Bertz CT molecular complexity index is 762. The number of halogens is 1. The molecule has 0 saturated heterocycles. The molecule has 0 spiro atoms. The van der Waals surface area contributed by atoms with Gasteiger partial charge in [-0.15, -0.1) is 11.3 Å². The lowest BCUT2D eigenvalue weighted by atomic mass is 10.3. The SMILES string of the molecule is OCCNc1nc(Nc2cccc(Cl)c2)nc2ccsc12. The molecule has 108 valence electrons. The molecule has 0 aliphatic rings. The number of fused-ring (bicyclic) bond motifs is 1. The molecule has 2 heterocycles. The summed E-state index contributed by atoms with van der Waals surface area (Å²) >= 11 is 7.53. The van der Waals surface area contributed by atoms with Crippen molar-refractivity contribution in [2.24, 2.45) is 0 Å². The van der Waals surface area contributed by atoms with E-state index in [-0.39, 0.29) is 6.61 Å². The Labute approximate surface area is 130 Å². The first-order valence-electron chi connectivity index (χ1n) is 6.39. The van der Waals surface area contributed by atoms with E-state index in [9.17, 15) is 0 Å². The molecule has 2 aromatic heterocycles. The molecule has 0 bridgehead atoms. The predicted molar refractivity (Wildman–Crippen MR) is 87.7 cm³/mol. The Morgan fingerprint density at radius 1 is 1.24 bits per heavy atom. The lowest BCUT2D eigenvalue weighted by molar-refractivity contribution is 0.311. The van der Waals surface area contributed by atoms with Crippen LogP contribution < -0.4 is 10.6 Å². The number of aliphatic hydroxyl groups is 1. The van der Waals surface area contributed by atoms with Crippen molar-refractivity contribution in [2.45, 2.75) is 0 Å². The molecule has 21 heavy (non-hydrogen) atoms. The molecule has 0 amide bonds. The molecular formula is C14H13ClN4OS. The number of nitrogens with zero attached hydrogens (tertiary/aromatic N) is 2. The van der Waals surface area contributed by atoms with E-state index in [2.05, 4.69) is 20.6 Å². The molecule has 5 nitrogen and oxygen atoms in total. The number of hydrogen-bond acceptors (Lipinski definition) is 6. The van der Waals surface area contributed by atoms with Gasteiger partial charge in [0.1, 0.15) is 5.82 Å². The van der Waals surface area contributed by atoms with Crippen molar-refractivity contribution in [3.63, 3.8) is 0 Å². The van der Waals surface area contributed by atoms with Gasteiger partial charge in [0.05, 0.1) is 16.8 Å². The molecule has 0 fully saturated rings. The van der Waals surface area contributed by atoms with Crippen LogP contribution in [0.25, 0.3) is 10.2 Å². The molecule has 3 N–H and O–H groups in total. The Morgan fingerprint density at radius 3 is 2.95 bits per heavy atom. The molecule has 3 aromatic rings. The third kappa shape index (κ3) is 3.24. The molecule has 3 rings (SSSR count). The van der Waals surface area contributed by atoms with Crippen molar-refractivity contribution in [3.8, 4) is 0 Å². The van der Waals surface area contributed by atoms with Gasteiger partial charge in [-0.1, -0.05) is 17.7 Å². The molecule has 0 saturated carbocycles. The van der Waals surface area contributed by atoms with Gasteiger partial charge in [0, 0.05) is 17.3 Å². The third-order valence-corrected chi connectivity index (χ3v) is 3.93. The lowest BCUT2D eigenvalue weighted by Crippen LogP contribution is -2.08. The van der Waals surface area contributed by atoms with Crippen LogP contribution in [0.15, 0.2) is 35.7 Å². The summed E-state index contributed by atoms with van der Waals surface area (Å²) in [7, 11) is 0. The van der Waals surface area contributed by atoms with Crippen molar-refractivity contribution < 1.29 is 5.11 Å². The number of benzene rings is 1. The van der Waals surface area contributed by atoms with E-state index in [0.29, 0.717) is 23.3 Å². The average molecular weight is 321 g/mol. The first-order valence-corrected chi connectivity index (χ1v) is 7.64. The second-order valence-corrected chi connectivity index (χ2v) is 5.67. The highest BCUT2D eigenvalue weighted by Crippen LogP contribution is 2.28. The minimum Gasteiger partial charge on any atom is -0.395 e. The highest BCUT2D eigenvalue weighted by Gasteiger charge is 2.09. The number of thiophene rings is 1. The van der Waals surface area contributed by atoms with E-state index in [1.165, 1.54) is 0 Å². The summed E-state index contributed by atoms with van der Waals surface area (Å²) in [6.45, 7) is 0.495. The van der Waals surface area contributed by atoms with Crippen LogP contribution in [0.1, 0.15) is 0 Å². The van der Waals surface area contributed by atoms with Gasteiger partial charge in [-0.05, 0) is 29.6 Å². The van der Waals surface area contributed by atoms with Crippen molar-refractivity contribution in [1.82, 2.24) is 9.97 Å². The minimum atomic E-state index is 0.0495. The standard InChI is InChI=1S/C14H13ClN4OS/c15-9-2-1-3-10(8-9)17-14-18-11-4-7-21-12(11)13(19-14)16-5-6-20/h1-4,7-8,20H,5-6H2,(H2,16,17,18,19). The largest absolute Gasteiger partial charge is 0.395 e. The van der Waals surface area contributed by atoms with E-state index in [1.807, 2.05) is 35.7 Å². The van der Waals surface area contributed by atoms with Gasteiger partial charge in [0.2, 0.25) is 5.95 Å². The number of aliphatic hydroxyl groups excluding tert-OH is 1. The molecule has 0 unspecified atom stereocenters. The summed E-state index contributed by atoms with van der Waals surface area (Å²) in [5.74, 6) is 1.21. The maximum absolute atomic E-state index is 8.95. The van der Waals surface area contributed by atoms with E-state index in [4.69, 9.17) is 16.7 Å². The lowest BCUT2D eigenvalue weighted by Gasteiger charge is -2.09. The van der Waals surface area contributed by atoms with Crippen LogP contribution in [-0.2, 0) is 0 Å². The summed E-state index contributed by atoms with van der Waals surface area (Å²) in [5.41, 5.74) is 1.69. The number of hydrogen-bond donors (Lipinski definition) is 3. The van der Waals surface area contributed by atoms with Crippen LogP contribution in [0.5, 0.6) is 0 Å². The predicted octanol–water partition coefficient (Wildman–Crippen LogP) is 3.49. The third-order valence-electron chi connectivity index (χ3n) is 2.79. The molecule has 0 aliphatic carbocycles.